The quantitative estimate of drug-likeness (QED) is 0.182. The summed E-state index contributed by atoms with van der Waals surface area (Å²) in [5.74, 6) is -3.96. The zero-order chi connectivity index (χ0) is 36.6. The molecule has 0 radical (unpaired) electrons. The number of benzene rings is 3. The van der Waals surface area contributed by atoms with Crippen LogP contribution >= 0.6 is 0 Å². The van der Waals surface area contributed by atoms with Crippen LogP contribution in [0.15, 0.2) is 72.8 Å². The van der Waals surface area contributed by atoms with E-state index in [0.717, 1.165) is 30.3 Å². The smallest absolute Gasteiger partial charge is 0.433 e. The van der Waals surface area contributed by atoms with Crippen LogP contribution in [0.3, 0.4) is 0 Å². The summed E-state index contributed by atoms with van der Waals surface area (Å²) in [6.45, 7) is -0.798. The molecule has 0 saturated carbocycles. The van der Waals surface area contributed by atoms with Gasteiger partial charge in [0.25, 0.3) is 0 Å². The maximum absolute atomic E-state index is 16.7. The summed E-state index contributed by atoms with van der Waals surface area (Å²) >= 11 is 0. The minimum Gasteiger partial charge on any atom is -0.457 e. The number of anilines is 2. The Bertz CT molecular complexity index is 1910. The van der Waals surface area contributed by atoms with Crippen molar-refractivity contribution < 1.29 is 50.1 Å². The fourth-order valence-electron chi connectivity index (χ4n) is 6.23. The number of hydrogen-bond donors (Lipinski definition) is 2. The van der Waals surface area contributed by atoms with Crippen LogP contribution in [0.5, 0.6) is 23.1 Å². The number of aromatic nitrogens is 2. The van der Waals surface area contributed by atoms with Gasteiger partial charge in [-0.25, -0.2) is 22.5 Å². The summed E-state index contributed by atoms with van der Waals surface area (Å²) in [4.78, 5) is 24.5. The number of carbonyl (C=O) groups is 1. The molecule has 16 heteroatoms. The molecule has 3 aromatic carbocycles. The Balaban J connectivity index is 1.24. The lowest BCUT2D eigenvalue weighted by molar-refractivity contribution is -0.141. The van der Waals surface area contributed by atoms with Crippen molar-refractivity contribution in [3.63, 3.8) is 0 Å². The number of nitrogens with zero attached hydrogens (tertiary/aromatic N) is 4. The van der Waals surface area contributed by atoms with Crippen molar-refractivity contribution in [1.29, 1.82) is 0 Å². The zero-order valence-corrected chi connectivity index (χ0v) is 26.8. The third-order valence-electron chi connectivity index (χ3n) is 8.95. The van der Waals surface area contributed by atoms with Gasteiger partial charge in [-0.05, 0) is 36.8 Å². The molecular formula is C35H32F7N5O4. The number of halogens is 7. The maximum Gasteiger partial charge on any atom is 0.433 e. The van der Waals surface area contributed by atoms with Crippen LogP contribution in [0.2, 0.25) is 0 Å². The highest BCUT2D eigenvalue weighted by Crippen LogP contribution is 2.40. The number of alkyl halides is 4. The number of nitrogens with two attached hydrogens (primary N) is 1. The Morgan fingerprint density at radius 2 is 1.47 bits per heavy atom. The van der Waals surface area contributed by atoms with E-state index in [4.69, 9.17) is 15.2 Å². The normalized spacial score (nSPS) is 20.6. The average Bonchev–Trinajstić information content (AvgIpc) is 3.07. The predicted molar refractivity (Wildman–Crippen MR) is 171 cm³/mol. The van der Waals surface area contributed by atoms with Gasteiger partial charge in [-0.15, -0.1) is 0 Å². The first-order chi connectivity index (χ1) is 24.1. The van der Waals surface area contributed by atoms with Crippen LogP contribution in [-0.2, 0) is 11.0 Å². The van der Waals surface area contributed by atoms with Gasteiger partial charge in [0.05, 0.1) is 11.6 Å². The van der Waals surface area contributed by atoms with Crippen LogP contribution in [0.1, 0.15) is 31.4 Å². The molecule has 3 heterocycles. The molecule has 3 N–H and O–H groups in total. The van der Waals surface area contributed by atoms with E-state index < -0.39 is 77.1 Å². The number of ether oxygens (including phenoxy) is 2. The van der Waals surface area contributed by atoms with E-state index in [1.807, 2.05) is 0 Å². The van der Waals surface area contributed by atoms with E-state index in [1.54, 1.807) is 0 Å². The fourth-order valence-corrected chi connectivity index (χ4v) is 6.23. The van der Waals surface area contributed by atoms with Crippen LogP contribution in [0.25, 0.3) is 0 Å². The molecule has 2 fully saturated rings. The van der Waals surface area contributed by atoms with Gasteiger partial charge in [0.2, 0.25) is 11.8 Å². The standard InChI is InChI=1S/C35H32F7N5O4/c36-21-3-1-5-25(14-21)50-27-16-23(38)13-24(17-27)47-12-7-33(49,20-43)19-28(47)31(48)34(39)8-10-46(11-9-34)32-44-29(35(40,41)42)18-30(45-32)51-26-6-2-4-22(37)15-26/h1-6,13-18,28,49H,7-12,19-20,43H2. The van der Waals surface area contributed by atoms with Gasteiger partial charge in [-0.2, -0.15) is 18.2 Å². The molecule has 51 heavy (non-hydrogen) atoms. The molecule has 2 aliphatic heterocycles. The van der Waals surface area contributed by atoms with Crippen molar-refractivity contribution in [2.24, 2.45) is 5.73 Å². The first-order valence-electron chi connectivity index (χ1n) is 15.9. The Kier molecular flexibility index (Phi) is 9.83. The Labute approximate surface area is 287 Å². The highest BCUT2D eigenvalue weighted by Gasteiger charge is 2.51. The van der Waals surface area contributed by atoms with Crippen molar-refractivity contribution in [1.82, 2.24) is 9.97 Å². The molecule has 0 bridgehead atoms. The van der Waals surface area contributed by atoms with E-state index >= 15 is 4.39 Å². The molecule has 2 atom stereocenters. The molecule has 0 spiro atoms. The van der Waals surface area contributed by atoms with E-state index in [9.17, 15) is 36.2 Å². The van der Waals surface area contributed by atoms with E-state index in [1.165, 1.54) is 46.2 Å². The lowest BCUT2D eigenvalue weighted by Crippen LogP contribution is -2.61. The minimum atomic E-state index is -4.91. The zero-order valence-electron chi connectivity index (χ0n) is 26.8. The predicted octanol–water partition coefficient (Wildman–Crippen LogP) is 6.73. The summed E-state index contributed by atoms with van der Waals surface area (Å²) in [5.41, 5.74) is 0.571. The largest absolute Gasteiger partial charge is 0.457 e. The van der Waals surface area contributed by atoms with Gasteiger partial charge in [-0.1, -0.05) is 12.1 Å². The summed E-state index contributed by atoms with van der Waals surface area (Å²) in [6, 6.07) is 12.7. The van der Waals surface area contributed by atoms with Crippen molar-refractivity contribution in [3.05, 3.63) is 95.9 Å². The molecule has 0 aliphatic carbocycles. The lowest BCUT2D eigenvalue weighted by Gasteiger charge is -2.46. The van der Waals surface area contributed by atoms with Gasteiger partial charge in [-0.3, -0.25) is 4.79 Å². The first-order valence-corrected chi connectivity index (χ1v) is 15.9. The van der Waals surface area contributed by atoms with Crippen LogP contribution in [-0.4, -0.2) is 64.3 Å². The second-order valence-electron chi connectivity index (χ2n) is 12.6. The van der Waals surface area contributed by atoms with Crippen molar-refractivity contribution >= 4 is 17.4 Å². The summed E-state index contributed by atoms with van der Waals surface area (Å²) < 4.78 is 111. The Hall–Kier alpha value is -4.96. The fraction of sp³-hybridized carbons (Fsp3) is 0.343. The third kappa shape index (κ3) is 8.17. The lowest BCUT2D eigenvalue weighted by atomic mass is 9.78. The van der Waals surface area contributed by atoms with Gasteiger partial charge >= 0.3 is 6.18 Å². The Morgan fingerprint density at radius 1 is 0.843 bits per heavy atom. The number of Topliss-reactive ketones (excluding diaryl/α,β-unsaturated/α-hetero) is 1. The summed E-state index contributed by atoms with van der Waals surface area (Å²) in [5, 5.41) is 11.1. The minimum absolute atomic E-state index is 0.0126. The van der Waals surface area contributed by atoms with Crippen molar-refractivity contribution in [3.8, 4) is 23.1 Å². The van der Waals surface area contributed by atoms with Crippen molar-refractivity contribution in [2.45, 2.75) is 49.2 Å². The van der Waals surface area contributed by atoms with Crippen LogP contribution in [0.4, 0.5) is 42.4 Å². The molecule has 2 unspecified atom stereocenters. The maximum atomic E-state index is 16.7. The van der Waals surface area contributed by atoms with Gasteiger partial charge in [0.15, 0.2) is 17.1 Å². The number of aliphatic hydroxyl groups is 1. The second-order valence-corrected chi connectivity index (χ2v) is 12.6. The van der Waals surface area contributed by atoms with Crippen LogP contribution < -0.4 is 25.0 Å². The number of ketones is 1. The molecule has 6 rings (SSSR count). The van der Waals surface area contributed by atoms with E-state index in [2.05, 4.69) is 9.97 Å². The number of carbonyl (C=O) groups excluding carboxylic acids is 1. The third-order valence-corrected chi connectivity index (χ3v) is 8.95. The van der Waals surface area contributed by atoms with Gasteiger partial charge in [0, 0.05) is 81.5 Å². The van der Waals surface area contributed by atoms with E-state index in [0.29, 0.717) is 6.07 Å². The van der Waals surface area contributed by atoms with Crippen LogP contribution in [0, 0.1) is 17.5 Å². The first kappa shape index (κ1) is 35.9. The number of hydrogen-bond acceptors (Lipinski definition) is 9. The number of piperidine rings is 2. The SMILES string of the molecule is NCC1(O)CCN(c2cc(F)cc(Oc3cccc(F)c3)c2)C(C(=O)C2(F)CCN(c3nc(Oc4cccc(F)c4)cc(C(F)(F)F)n3)CC2)C1. The second kappa shape index (κ2) is 14.0. The van der Waals surface area contributed by atoms with Crippen molar-refractivity contribution in [2.75, 3.05) is 36.0 Å². The molecule has 9 nitrogen and oxygen atoms in total. The van der Waals surface area contributed by atoms with Gasteiger partial charge in [0.1, 0.15) is 34.7 Å². The van der Waals surface area contributed by atoms with E-state index in [-0.39, 0.29) is 62.0 Å². The molecular weight excluding hydrogens is 687 g/mol. The monoisotopic (exact) mass is 719 g/mol. The Morgan fingerprint density at radius 3 is 2.08 bits per heavy atom. The molecule has 4 aromatic rings. The highest BCUT2D eigenvalue weighted by atomic mass is 19.4. The average molecular weight is 720 g/mol. The summed E-state index contributed by atoms with van der Waals surface area (Å²) in [7, 11) is 0. The highest BCUT2D eigenvalue weighted by molar-refractivity contribution is 5.95. The molecule has 0 amide bonds. The van der Waals surface area contributed by atoms with Gasteiger partial charge < -0.3 is 30.1 Å². The molecule has 2 saturated heterocycles. The molecule has 2 aliphatic rings. The topological polar surface area (TPSA) is 114 Å². The summed E-state index contributed by atoms with van der Waals surface area (Å²) in [6.07, 6.45) is -6.08. The number of rotatable bonds is 9. The molecule has 1 aromatic heterocycles. The molecule has 270 valence electrons.